The minimum Gasteiger partial charge on any atom is -0.454 e. The summed E-state index contributed by atoms with van der Waals surface area (Å²) in [7, 11) is 0. The predicted octanol–water partition coefficient (Wildman–Crippen LogP) is 3.08. The van der Waals surface area contributed by atoms with E-state index >= 15 is 0 Å². The molecule has 2 aromatic rings. The summed E-state index contributed by atoms with van der Waals surface area (Å²) in [5, 5.41) is 11.5. The molecule has 0 saturated heterocycles. The third-order valence-electron chi connectivity index (χ3n) is 2.36. The molecule has 3 nitrogen and oxygen atoms in total. The van der Waals surface area contributed by atoms with Crippen molar-refractivity contribution in [3.8, 4) is 0 Å². The fourth-order valence-corrected chi connectivity index (χ4v) is 1.47. The number of fused-ring (bicyclic) bond motifs is 1. The van der Waals surface area contributed by atoms with Crippen LogP contribution in [-0.4, -0.2) is 11.6 Å². The van der Waals surface area contributed by atoms with Crippen molar-refractivity contribution < 1.29 is 27.2 Å². The van der Waals surface area contributed by atoms with E-state index in [2.05, 4.69) is 5.16 Å². The Labute approximate surface area is 98.0 Å². The first kappa shape index (κ1) is 12.4. The molecule has 7 heteroatoms. The van der Waals surface area contributed by atoms with Crippen molar-refractivity contribution in [3.05, 3.63) is 41.4 Å². The van der Waals surface area contributed by atoms with E-state index in [9.17, 15) is 17.6 Å². The molecule has 1 heterocycles. The fraction of sp³-hybridized carbons (Fsp3) is 0.182. The van der Waals surface area contributed by atoms with Gasteiger partial charge in [0.2, 0.25) is 0 Å². The molecule has 0 aliphatic heterocycles. The summed E-state index contributed by atoms with van der Waals surface area (Å²) < 4.78 is 55.5. The molecule has 0 atom stereocenters. The van der Waals surface area contributed by atoms with Gasteiger partial charge < -0.3 is 9.62 Å². The van der Waals surface area contributed by atoms with E-state index in [4.69, 9.17) is 9.62 Å². The zero-order valence-corrected chi connectivity index (χ0v) is 8.78. The molecule has 0 saturated carbocycles. The largest absolute Gasteiger partial charge is 0.454 e. The van der Waals surface area contributed by atoms with Gasteiger partial charge in [-0.25, -0.2) is 8.78 Å². The predicted molar refractivity (Wildman–Crippen MR) is 53.5 cm³/mol. The maximum absolute atomic E-state index is 13.2. The van der Waals surface area contributed by atoms with Crippen LogP contribution in [0.25, 0.3) is 11.0 Å². The van der Waals surface area contributed by atoms with Crippen LogP contribution in [0.3, 0.4) is 0 Å². The molecular formula is C11H7F4NO2. The molecule has 2 rings (SSSR count). The molecule has 0 amide bonds. The Bertz CT molecular complexity index is 636. The van der Waals surface area contributed by atoms with Gasteiger partial charge in [-0.15, -0.1) is 0 Å². The number of alkyl halides is 4. The third kappa shape index (κ3) is 1.92. The van der Waals surface area contributed by atoms with E-state index in [-0.39, 0.29) is 16.3 Å². The fourth-order valence-electron chi connectivity index (χ4n) is 1.47. The molecule has 96 valence electrons. The number of para-hydroxylation sites is 1. The van der Waals surface area contributed by atoms with Crippen molar-refractivity contribution in [3.63, 3.8) is 0 Å². The lowest BCUT2D eigenvalue weighted by Crippen LogP contribution is -2.25. The van der Waals surface area contributed by atoms with Crippen LogP contribution in [-0.2, 0) is 5.92 Å². The molecule has 1 aromatic carbocycles. The summed E-state index contributed by atoms with van der Waals surface area (Å²) in [5.41, 5.74) is -0.0666. The van der Waals surface area contributed by atoms with Gasteiger partial charge in [-0.1, -0.05) is 17.3 Å². The Morgan fingerprint density at radius 1 is 1.22 bits per heavy atom. The highest BCUT2D eigenvalue weighted by atomic mass is 19.3. The lowest BCUT2D eigenvalue weighted by Gasteiger charge is -2.14. The third-order valence-corrected chi connectivity index (χ3v) is 2.36. The van der Waals surface area contributed by atoms with Gasteiger partial charge in [0.25, 0.3) is 0 Å². The van der Waals surface area contributed by atoms with Crippen molar-refractivity contribution in [2.24, 2.45) is 5.16 Å². The molecule has 18 heavy (non-hydrogen) atoms. The van der Waals surface area contributed by atoms with Gasteiger partial charge in [-0.2, -0.15) is 8.78 Å². The molecule has 0 aliphatic carbocycles. The highest BCUT2D eigenvalue weighted by molar-refractivity contribution is 5.75. The summed E-state index contributed by atoms with van der Waals surface area (Å²) in [6, 6.07) is 6.41. The van der Waals surface area contributed by atoms with Crippen molar-refractivity contribution >= 4 is 11.0 Å². The van der Waals surface area contributed by atoms with Gasteiger partial charge in [0, 0.05) is 11.5 Å². The zero-order chi connectivity index (χ0) is 13.3. The Hall–Kier alpha value is -2.05. The minimum absolute atomic E-state index is 0.0666. The van der Waals surface area contributed by atoms with E-state index in [0.29, 0.717) is 6.07 Å². The lowest BCUT2D eigenvalue weighted by molar-refractivity contribution is -0.147. The van der Waals surface area contributed by atoms with Crippen molar-refractivity contribution in [1.82, 2.24) is 0 Å². The standard InChI is InChI=1S/C11H7F4NO2/c12-10(13)11(14,15)9-5-7(16-17)6-3-1-2-4-8(6)18-9/h1-5,10,17H. The smallest absolute Gasteiger partial charge is 0.363 e. The normalized spacial score (nSPS) is 13.5. The van der Waals surface area contributed by atoms with Crippen molar-refractivity contribution in [1.29, 1.82) is 0 Å². The van der Waals surface area contributed by atoms with Gasteiger partial charge in [0.15, 0.2) is 5.76 Å². The number of halogens is 4. The summed E-state index contributed by atoms with van der Waals surface area (Å²) in [6.07, 6.45) is -3.91. The maximum Gasteiger partial charge on any atom is 0.363 e. The second kappa shape index (κ2) is 4.32. The first-order valence-electron chi connectivity index (χ1n) is 4.84. The van der Waals surface area contributed by atoms with Crippen LogP contribution in [0, 0.1) is 0 Å². The maximum atomic E-state index is 13.2. The summed E-state index contributed by atoms with van der Waals surface area (Å²) in [5.74, 6) is -5.69. The van der Waals surface area contributed by atoms with Gasteiger partial charge in [0.1, 0.15) is 10.9 Å². The van der Waals surface area contributed by atoms with Crippen LogP contribution >= 0.6 is 0 Å². The molecule has 0 spiro atoms. The number of nitrogens with zero attached hydrogens (tertiary/aromatic N) is 1. The molecular weight excluding hydrogens is 254 g/mol. The SMILES string of the molecule is ON=c1cc(C(F)(F)C(F)F)oc2ccccc12. The number of hydrogen-bond donors (Lipinski definition) is 1. The molecule has 0 aliphatic rings. The van der Waals surface area contributed by atoms with Crippen LogP contribution in [0.15, 0.2) is 39.9 Å². The average molecular weight is 261 g/mol. The monoisotopic (exact) mass is 261 g/mol. The van der Waals surface area contributed by atoms with E-state index < -0.39 is 18.1 Å². The van der Waals surface area contributed by atoms with E-state index in [0.717, 1.165) is 0 Å². The number of hydrogen-bond acceptors (Lipinski definition) is 3. The van der Waals surface area contributed by atoms with Crippen LogP contribution in [0.2, 0.25) is 0 Å². The second-order valence-electron chi connectivity index (χ2n) is 3.52. The van der Waals surface area contributed by atoms with Gasteiger partial charge in [-0.3, -0.25) is 0 Å². The Kier molecular flexibility index (Phi) is 2.98. The first-order chi connectivity index (χ1) is 8.46. The van der Waals surface area contributed by atoms with Crippen LogP contribution in [0.1, 0.15) is 5.76 Å². The highest BCUT2D eigenvalue weighted by Gasteiger charge is 2.45. The minimum atomic E-state index is -4.44. The van der Waals surface area contributed by atoms with Crippen LogP contribution < -0.4 is 5.36 Å². The highest BCUT2D eigenvalue weighted by Crippen LogP contribution is 2.34. The molecule has 0 unspecified atom stereocenters. The Morgan fingerprint density at radius 3 is 2.50 bits per heavy atom. The summed E-state index contributed by atoms with van der Waals surface area (Å²) in [6.45, 7) is 0. The van der Waals surface area contributed by atoms with Gasteiger partial charge >= 0.3 is 12.3 Å². The molecule has 1 aromatic heterocycles. The lowest BCUT2D eigenvalue weighted by atomic mass is 10.2. The van der Waals surface area contributed by atoms with E-state index in [1.807, 2.05) is 0 Å². The second-order valence-corrected chi connectivity index (χ2v) is 3.52. The quantitative estimate of drug-likeness (QED) is 0.513. The van der Waals surface area contributed by atoms with Gasteiger partial charge in [0.05, 0.1) is 0 Å². The Balaban J connectivity index is 2.76. The zero-order valence-electron chi connectivity index (χ0n) is 8.78. The van der Waals surface area contributed by atoms with Crippen LogP contribution in [0.4, 0.5) is 17.6 Å². The molecule has 0 bridgehead atoms. The molecule has 0 radical (unpaired) electrons. The van der Waals surface area contributed by atoms with Crippen LogP contribution in [0.5, 0.6) is 0 Å². The summed E-state index contributed by atoms with van der Waals surface area (Å²) >= 11 is 0. The topological polar surface area (TPSA) is 45.7 Å². The van der Waals surface area contributed by atoms with E-state index in [1.54, 1.807) is 6.07 Å². The van der Waals surface area contributed by atoms with Crippen molar-refractivity contribution in [2.45, 2.75) is 12.3 Å². The average Bonchev–Trinajstić information content (AvgIpc) is 2.37. The number of benzene rings is 1. The molecule has 0 fully saturated rings. The van der Waals surface area contributed by atoms with E-state index in [1.165, 1.54) is 18.2 Å². The Morgan fingerprint density at radius 2 is 1.89 bits per heavy atom. The summed E-state index contributed by atoms with van der Waals surface area (Å²) in [4.78, 5) is 0. The first-order valence-corrected chi connectivity index (χ1v) is 4.84. The number of rotatable bonds is 2. The molecule has 1 N–H and O–H groups in total. The van der Waals surface area contributed by atoms with Crippen molar-refractivity contribution in [2.75, 3.05) is 0 Å². The van der Waals surface area contributed by atoms with Gasteiger partial charge in [-0.05, 0) is 12.1 Å².